The van der Waals surface area contributed by atoms with Gasteiger partial charge in [-0.2, -0.15) is 27.1 Å². The predicted octanol–water partition coefficient (Wildman–Crippen LogP) is 4.23. The fourth-order valence-electron chi connectivity index (χ4n) is 3.85. The highest BCUT2D eigenvalue weighted by molar-refractivity contribution is 6.04. The van der Waals surface area contributed by atoms with Crippen LogP contribution in [0.1, 0.15) is 12.1 Å². The van der Waals surface area contributed by atoms with E-state index >= 15 is 0 Å². The fraction of sp³-hybridized carbons (Fsp3) is 0.316. The van der Waals surface area contributed by atoms with Crippen LogP contribution in [0.2, 0.25) is 0 Å². The number of aromatic nitrogens is 6. The van der Waals surface area contributed by atoms with Gasteiger partial charge in [0, 0.05) is 43.4 Å². The summed E-state index contributed by atoms with van der Waals surface area (Å²) in [6.45, 7) is -2.71. The summed E-state index contributed by atoms with van der Waals surface area (Å²) in [5.41, 5.74) is -0.993. The van der Waals surface area contributed by atoms with Crippen LogP contribution in [0.5, 0.6) is 11.8 Å². The van der Waals surface area contributed by atoms with Crippen LogP contribution in [0, 0.1) is 0 Å². The molecule has 32 heavy (non-hydrogen) atoms. The van der Waals surface area contributed by atoms with E-state index in [2.05, 4.69) is 24.9 Å². The van der Waals surface area contributed by atoms with Gasteiger partial charge in [0.2, 0.25) is 11.8 Å². The maximum atomic E-state index is 14.0. The first-order chi connectivity index (χ1) is 15.2. The molecule has 0 aliphatic carbocycles. The average molecular weight is 454 g/mol. The molecule has 4 aromatic heterocycles. The van der Waals surface area contributed by atoms with Crippen LogP contribution >= 0.6 is 0 Å². The Morgan fingerprint density at radius 1 is 1.22 bits per heavy atom. The second kappa shape index (κ2) is 7.21. The zero-order valence-electron chi connectivity index (χ0n) is 16.5. The van der Waals surface area contributed by atoms with E-state index in [1.165, 1.54) is 24.1 Å². The van der Waals surface area contributed by atoms with Crippen molar-refractivity contribution in [2.45, 2.75) is 25.8 Å². The molecular formula is C19H15F5N6O2. The summed E-state index contributed by atoms with van der Waals surface area (Å²) in [4.78, 5) is 7.07. The molecule has 13 heteroatoms. The number of rotatable bonds is 4. The lowest BCUT2D eigenvalue weighted by Crippen LogP contribution is -2.15. The minimum Gasteiger partial charge on any atom is -0.477 e. The zero-order valence-corrected chi connectivity index (χ0v) is 16.5. The molecule has 0 saturated carbocycles. The van der Waals surface area contributed by atoms with Gasteiger partial charge in [-0.3, -0.25) is 4.68 Å². The zero-order chi connectivity index (χ0) is 22.6. The van der Waals surface area contributed by atoms with Crippen LogP contribution in [0.15, 0.2) is 24.5 Å². The summed E-state index contributed by atoms with van der Waals surface area (Å²) in [6, 6.07) is 3.20. The van der Waals surface area contributed by atoms with Gasteiger partial charge >= 0.3 is 12.8 Å². The monoisotopic (exact) mass is 454 g/mol. The van der Waals surface area contributed by atoms with E-state index in [1.54, 1.807) is 12.1 Å². The predicted molar refractivity (Wildman–Crippen MR) is 101 cm³/mol. The van der Waals surface area contributed by atoms with Crippen LogP contribution in [0.25, 0.3) is 33.4 Å². The van der Waals surface area contributed by atoms with Crippen LogP contribution < -0.4 is 9.47 Å². The van der Waals surface area contributed by atoms with Gasteiger partial charge in [-0.1, -0.05) is 0 Å². The number of nitrogens with zero attached hydrogens (tertiary/aromatic N) is 5. The Kier molecular flexibility index (Phi) is 4.57. The molecule has 1 aliphatic heterocycles. The summed E-state index contributed by atoms with van der Waals surface area (Å²) >= 11 is 0. The molecule has 1 aliphatic rings. The molecule has 0 fully saturated rings. The largest absolute Gasteiger partial charge is 0.477 e. The van der Waals surface area contributed by atoms with E-state index in [-0.39, 0.29) is 47.1 Å². The molecular weight excluding hydrogens is 439 g/mol. The van der Waals surface area contributed by atoms with Crippen molar-refractivity contribution in [1.29, 1.82) is 0 Å². The van der Waals surface area contributed by atoms with Crippen LogP contribution in [-0.4, -0.2) is 42.7 Å². The Balaban J connectivity index is 1.85. The lowest BCUT2D eigenvalue weighted by Gasteiger charge is -2.16. The number of aromatic amines is 1. The van der Waals surface area contributed by atoms with Crippen molar-refractivity contribution in [3.8, 4) is 34.1 Å². The number of nitrogens with one attached hydrogen (secondary N) is 1. The normalized spacial score (nSPS) is 14.1. The smallest absolute Gasteiger partial charge is 0.435 e. The van der Waals surface area contributed by atoms with Crippen LogP contribution in [0.4, 0.5) is 22.0 Å². The van der Waals surface area contributed by atoms with Crippen LogP contribution in [0.3, 0.4) is 0 Å². The number of ether oxygens (including phenoxy) is 2. The quantitative estimate of drug-likeness (QED) is 0.467. The SMILES string of the molecule is Cn1cc(-c2c(-c3c(C(F)(F)F)nn4c3OCCC4)[nH]c3ncccc23)c(OC(F)F)n1. The number of fused-ring (bicyclic) bond motifs is 2. The first kappa shape index (κ1) is 20.3. The van der Waals surface area contributed by atoms with Gasteiger partial charge in [-0.25, -0.2) is 9.67 Å². The average Bonchev–Trinajstić information content (AvgIpc) is 3.39. The molecule has 0 amide bonds. The van der Waals surface area contributed by atoms with Gasteiger partial charge in [0.1, 0.15) is 5.65 Å². The second-order valence-corrected chi connectivity index (χ2v) is 7.13. The molecule has 0 spiro atoms. The highest BCUT2D eigenvalue weighted by Crippen LogP contribution is 2.49. The number of H-pyrrole nitrogens is 1. The minimum absolute atomic E-state index is 0.0266. The van der Waals surface area contributed by atoms with Crippen molar-refractivity contribution in [3.63, 3.8) is 0 Å². The number of hydrogen-bond donors (Lipinski definition) is 1. The maximum absolute atomic E-state index is 14.0. The van der Waals surface area contributed by atoms with Crippen molar-refractivity contribution in [1.82, 2.24) is 29.5 Å². The Bertz CT molecular complexity index is 1310. The molecule has 8 nitrogen and oxygen atoms in total. The van der Waals surface area contributed by atoms with E-state index in [9.17, 15) is 22.0 Å². The number of aryl methyl sites for hydroxylation is 2. The summed E-state index contributed by atoms with van der Waals surface area (Å²) in [5, 5.41) is 8.04. The molecule has 5 heterocycles. The molecule has 0 radical (unpaired) electrons. The lowest BCUT2D eigenvalue weighted by molar-refractivity contribution is -0.141. The van der Waals surface area contributed by atoms with Crippen molar-refractivity contribution >= 4 is 11.0 Å². The Hall–Kier alpha value is -3.64. The summed E-state index contributed by atoms with van der Waals surface area (Å²) in [6.07, 6.45) is -1.44. The number of alkyl halides is 5. The Morgan fingerprint density at radius 2 is 2.03 bits per heavy atom. The van der Waals surface area contributed by atoms with Gasteiger partial charge in [0.05, 0.1) is 23.4 Å². The third-order valence-electron chi connectivity index (χ3n) is 5.01. The summed E-state index contributed by atoms with van der Waals surface area (Å²) in [5.74, 6) is -0.486. The molecule has 0 unspecified atom stereocenters. The highest BCUT2D eigenvalue weighted by atomic mass is 19.4. The molecule has 0 saturated heterocycles. The van der Waals surface area contributed by atoms with Crippen LogP contribution in [-0.2, 0) is 19.8 Å². The maximum Gasteiger partial charge on any atom is 0.435 e. The van der Waals surface area contributed by atoms with Gasteiger partial charge < -0.3 is 14.5 Å². The highest BCUT2D eigenvalue weighted by Gasteiger charge is 2.42. The molecule has 168 valence electrons. The summed E-state index contributed by atoms with van der Waals surface area (Å²) in [7, 11) is 1.49. The minimum atomic E-state index is -4.79. The topological polar surface area (TPSA) is 82.8 Å². The molecule has 5 rings (SSSR count). The van der Waals surface area contributed by atoms with E-state index in [0.717, 1.165) is 4.68 Å². The Labute approximate surface area is 176 Å². The van der Waals surface area contributed by atoms with E-state index in [4.69, 9.17) is 4.74 Å². The van der Waals surface area contributed by atoms with Crippen molar-refractivity contribution in [2.75, 3.05) is 6.61 Å². The number of halogens is 5. The van der Waals surface area contributed by atoms with Gasteiger partial charge in [-0.15, -0.1) is 5.10 Å². The first-order valence-electron chi connectivity index (χ1n) is 9.50. The van der Waals surface area contributed by atoms with Gasteiger partial charge in [-0.05, 0) is 12.1 Å². The van der Waals surface area contributed by atoms with E-state index in [0.29, 0.717) is 11.8 Å². The van der Waals surface area contributed by atoms with E-state index < -0.39 is 24.4 Å². The fourth-order valence-corrected chi connectivity index (χ4v) is 3.85. The molecule has 1 N–H and O–H groups in total. The van der Waals surface area contributed by atoms with Gasteiger partial charge in [0.25, 0.3) is 0 Å². The molecule has 0 bridgehead atoms. The third kappa shape index (κ3) is 3.24. The Morgan fingerprint density at radius 3 is 2.78 bits per heavy atom. The number of pyridine rings is 1. The first-order valence-corrected chi connectivity index (χ1v) is 9.50. The standard InChI is InChI=1S/C19H15F5N6O2/c1-29-8-10(16(28-29)32-18(20)21)11-9-4-2-5-25-15(9)26-13(11)12-14(19(22,23)24)27-30-6-3-7-31-17(12)30/h2,4-5,8,18H,3,6-7H2,1H3,(H,25,26). The lowest BCUT2D eigenvalue weighted by atomic mass is 10.0. The van der Waals surface area contributed by atoms with Crippen molar-refractivity contribution in [2.24, 2.45) is 7.05 Å². The second-order valence-electron chi connectivity index (χ2n) is 7.13. The molecule has 0 atom stereocenters. The number of hydrogen-bond acceptors (Lipinski definition) is 5. The van der Waals surface area contributed by atoms with Crippen molar-refractivity contribution < 1.29 is 31.4 Å². The van der Waals surface area contributed by atoms with Crippen molar-refractivity contribution in [3.05, 3.63) is 30.2 Å². The summed E-state index contributed by atoms with van der Waals surface area (Å²) < 4.78 is 80.4. The van der Waals surface area contributed by atoms with Gasteiger partial charge in [0.15, 0.2) is 5.69 Å². The molecule has 0 aromatic carbocycles. The van der Waals surface area contributed by atoms with E-state index in [1.807, 2.05) is 0 Å². The third-order valence-corrected chi connectivity index (χ3v) is 5.01. The molecule has 4 aromatic rings.